The van der Waals surface area contributed by atoms with Gasteiger partial charge in [0.25, 0.3) is 5.91 Å². The smallest absolute Gasteiger partial charge is 0.268 e. The van der Waals surface area contributed by atoms with Crippen molar-refractivity contribution in [2.24, 2.45) is 5.41 Å². The van der Waals surface area contributed by atoms with Gasteiger partial charge in [0.15, 0.2) is 5.78 Å². The van der Waals surface area contributed by atoms with Crippen molar-refractivity contribution >= 4 is 23.3 Å². The van der Waals surface area contributed by atoms with Crippen molar-refractivity contribution < 1.29 is 14.4 Å². The second kappa shape index (κ2) is 10.4. The molecule has 3 rings (SSSR count). The molecule has 0 fully saturated rings. The van der Waals surface area contributed by atoms with Crippen molar-refractivity contribution in [3.05, 3.63) is 52.3 Å². The molecule has 0 saturated heterocycles. The first-order valence-corrected chi connectivity index (χ1v) is 12.1. The minimum atomic E-state index is -0.654. The van der Waals surface area contributed by atoms with Gasteiger partial charge in [0, 0.05) is 23.4 Å². The lowest BCUT2D eigenvalue weighted by Crippen LogP contribution is -2.44. The van der Waals surface area contributed by atoms with Crippen molar-refractivity contribution in [1.29, 1.82) is 0 Å². The third-order valence-corrected chi connectivity index (χ3v) is 6.39. The molecule has 0 saturated carbocycles. The lowest BCUT2D eigenvalue weighted by molar-refractivity contribution is -0.118. The Bertz CT molecular complexity index is 1040. The maximum Gasteiger partial charge on any atom is 0.268 e. The first-order valence-electron chi connectivity index (χ1n) is 12.1. The van der Waals surface area contributed by atoms with Crippen LogP contribution in [-0.4, -0.2) is 28.6 Å². The average molecular weight is 452 g/mol. The van der Waals surface area contributed by atoms with Gasteiger partial charge in [-0.05, 0) is 48.8 Å². The predicted molar refractivity (Wildman–Crippen MR) is 132 cm³/mol. The van der Waals surface area contributed by atoms with Crippen LogP contribution in [0.25, 0.3) is 0 Å². The molecule has 0 bridgehead atoms. The van der Waals surface area contributed by atoms with Gasteiger partial charge in [-0.1, -0.05) is 65.2 Å². The second-order valence-corrected chi connectivity index (χ2v) is 9.98. The number of hydrogen-bond donors (Lipinski definition) is 3. The predicted octanol–water partition coefficient (Wildman–Crippen LogP) is 5.36. The van der Waals surface area contributed by atoms with Crippen LogP contribution in [0.5, 0.6) is 0 Å². The number of aromatic nitrogens is 1. The van der Waals surface area contributed by atoms with Crippen LogP contribution in [0.4, 0.5) is 5.69 Å². The molecule has 6 nitrogen and oxygen atoms in total. The summed E-state index contributed by atoms with van der Waals surface area (Å²) in [6, 6.07) is 7.14. The lowest BCUT2D eigenvalue weighted by atomic mass is 9.75. The molecule has 2 amide bonds. The number of unbranched alkanes of at least 4 members (excludes halogenated alkanes) is 1. The molecule has 33 heavy (non-hydrogen) atoms. The quantitative estimate of drug-likeness (QED) is 0.479. The first-order chi connectivity index (χ1) is 15.7. The van der Waals surface area contributed by atoms with Crippen molar-refractivity contribution in [2.75, 3.05) is 5.32 Å². The summed E-state index contributed by atoms with van der Waals surface area (Å²) in [4.78, 5) is 42.3. The van der Waals surface area contributed by atoms with E-state index in [0.717, 1.165) is 49.0 Å². The molecule has 1 aromatic heterocycles. The second-order valence-electron chi connectivity index (χ2n) is 9.98. The average Bonchev–Trinajstić information content (AvgIpc) is 3.07. The molecule has 1 unspecified atom stereocenters. The van der Waals surface area contributed by atoms with Crippen LogP contribution < -0.4 is 10.6 Å². The number of aromatic amines is 1. The van der Waals surface area contributed by atoms with E-state index in [-0.39, 0.29) is 23.0 Å². The minimum Gasteiger partial charge on any atom is -0.354 e. The van der Waals surface area contributed by atoms with Crippen molar-refractivity contribution in [2.45, 2.75) is 85.6 Å². The molecular weight excluding hydrogens is 414 g/mol. The van der Waals surface area contributed by atoms with Crippen molar-refractivity contribution in [3.63, 3.8) is 0 Å². The minimum absolute atomic E-state index is 0.0712. The van der Waals surface area contributed by atoms with E-state index in [4.69, 9.17) is 0 Å². The number of benzene rings is 1. The topological polar surface area (TPSA) is 91.1 Å². The highest BCUT2D eigenvalue weighted by Crippen LogP contribution is 2.36. The number of Topliss-reactive ketones (excluding diaryl/α,β-unsaturated/α-hetero) is 1. The Morgan fingerprint density at radius 3 is 2.55 bits per heavy atom. The highest BCUT2D eigenvalue weighted by atomic mass is 16.2. The maximum atomic E-state index is 13.2. The molecule has 6 heteroatoms. The number of aryl methyl sites for hydroxylation is 1. The molecule has 178 valence electrons. The molecule has 0 radical (unpaired) electrons. The molecule has 0 aliphatic heterocycles. The Morgan fingerprint density at radius 2 is 1.85 bits per heavy atom. The van der Waals surface area contributed by atoms with Crippen molar-refractivity contribution in [1.82, 2.24) is 10.3 Å². The number of ketones is 1. The zero-order valence-corrected chi connectivity index (χ0v) is 20.6. The van der Waals surface area contributed by atoms with Gasteiger partial charge < -0.3 is 15.6 Å². The number of H-pyrrole nitrogens is 1. The van der Waals surface area contributed by atoms with Crippen LogP contribution in [0.2, 0.25) is 0 Å². The van der Waals surface area contributed by atoms with Gasteiger partial charge in [-0.2, -0.15) is 0 Å². The number of fused-ring (bicyclic) bond motifs is 1. The molecule has 1 atom stereocenters. The van der Waals surface area contributed by atoms with E-state index >= 15 is 0 Å². The van der Waals surface area contributed by atoms with Crippen LogP contribution in [0, 0.1) is 12.3 Å². The van der Waals surface area contributed by atoms with Crippen molar-refractivity contribution in [3.8, 4) is 0 Å². The fourth-order valence-electron chi connectivity index (χ4n) is 4.72. The number of nitrogens with one attached hydrogen (secondary N) is 3. The van der Waals surface area contributed by atoms with E-state index in [0.29, 0.717) is 29.7 Å². The Labute approximate surface area is 196 Å². The maximum absolute atomic E-state index is 13.2. The van der Waals surface area contributed by atoms with E-state index in [9.17, 15) is 14.4 Å². The van der Waals surface area contributed by atoms with Gasteiger partial charge >= 0.3 is 0 Å². The van der Waals surface area contributed by atoms with E-state index in [1.54, 1.807) is 0 Å². The van der Waals surface area contributed by atoms with E-state index in [2.05, 4.69) is 43.3 Å². The Balaban J connectivity index is 1.80. The van der Waals surface area contributed by atoms with E-state index in [1.165, 1.54) is 0 Å². The van der Waals surface area contributed by atoms with Gasteiger partial charge in [-0.15, -0.1) is 0 Å². The van der Waals surface area contributed by atoms with Gasteiger partial charge in [-0.25, -0.2) is 0 Å². The monoisotopic (exact) mass is 451 g/mol. The summed E-state index contributed by atoms with van der Waals surface area (Å²) in [6.07, 6.45) is 5.34. The summed E-state index contributed by atoms with van der Waals surface area (Å²) in [5.41, 5.74) is 4.26. The SMILES string of the molecule is CCCCC(NC(=O)c1[nH]c2c(c1C)C(=O)CC(C)(C)C2)C(=O)Nc1ccccc1CCC. The van der Waals surface area contributed by atoms with Crippen LogP contribution >= 0.6 is 0 Å². The van der Waals surface area contributed by atoms with Gasteiger partial charge in [0.05, 0.1) is 0 Å². The summed E-state index contributed by atoms with van der Waals surface area (Å²) in [5.74, 6) is -0.487. The molecule has 1 aromatic carbocycles. The molecule has 2 aromatic rings. The summed E-state index contributed by atoms with van der Waals surface area (Å²) in [7, 11) is 0. The normalized spacial score (nSPS) is 15.6. The zero-order valence-electron chi connectivity index (χ0n) is 20.6. The molecule has 1 aliphatic rings. The number of rotatable bonds is 9. The van der Waals surface area contributed by atoms with Crippen LogP contribution in [-0.2, 0) is 17.6 Å². The summed E-state index contributed by atoms with van der Waals surface area (Å²) in [5, 5.41) is 5.96. The highest BCUT2D eigenvalue weighted by Gasteiger charge is 2.35. The van der Waals surface area contributed by atoms with E-state index in [1.807, 2.05) is 31.2 Å². The Morgan fingerprint density at radius 1 is 1.12 bits per heavy atom. The first kappa shape index (κ1) is 24.7. The number of anilines is 1. The molecule has 1 aliphatic carbocycles. The Hall–Kier alpha value is -2.89. The fraction of sp³-hybridized carbons (Fsp3) is 0.519. The standard InChI is InChI=1S/C27H37N3O3/c1-6-8-13-20(25(32)29-19-14-10-9-12-18(19)11-7-2)30-26(33)24-17(3)23-21(28-24)15-27(4,5)16-22(23)31/h9-10,12,14,20,28H,6-8,11,13,15-16H2,1-5H3,(H,29,32)(H,30,33). The van der Waals surface area contributed by atoms with Gasteiger partial charge in [-0.3, -0.25) is 14.4 Å². The third kappa shape index (κ3) is 5.73. The summed E-state index contributed by atoms with van der Waals surface area (Å²) in [6.45, 7) is 10.1. The summed E-state index contributed by atoms with van der Waals surface area (Å²) >= 11 is 0. The summed E-state index contributed by atoms with van der Waals surface area (Å²) < 4.78 is 0. The largest absolute Gasteiger partial charge is 0.354 e. The number of para-hydroxylation sites is 1. The number of carbonyl (C=O) groups is 3. The molecular formula is C27H37N3O3. The lowest BCUT2D eigenvalue weighted by Gasteiger charge is -2.28. The highest BCUT2D eigenvalue weighted by molar-refractivity contribution is 6.06. The third-order valence-electron chi connectivity index (χ3n) is 6.39. The fourth-order valence-corrected chi connectivity index (χ4v) is 4.72. The van der Waals surface area contributed by atoms with Crippen LogP contribution in [0.3, 0.4) is 0 Å². The van der Waals surface area contributed by atoms with E-state index < -0.39 is 6.04 Å². The Kier molecular flexibility index (Phi) is 7.77. The molecule has 1 heterocycles. The van der Waals surface area contributed by atoms with Crippen LogP contribution in [0.15, 0.2) is 24.3 Å². The van der Waals surface area contributed by atoms with Gasteiger partial charge in [0.2, 0.25) is 5.91 Å². The number of amides is 2. The zero-order chi connectivity index (χ0) is 24.2. The van der Waals surface area contributed by atoms with Gasteiger partial charge in [0.1, 0.15) is 11.7 Å². The number of carbonyl (C=O) groups excluding carboxylic acids is 3. The molecule has 0 spiro atoms. The van der Waals surface area contributed by atoms with Crippen LogP contribution in [0.1, 0.15) is 97.5 Å². The molecule has 3 N–H and O–H groups in total. The number of hydrogen-bond acceptors (Lipinski definition) is 3.